The number of aromatic nitrogens is 1. The van der Waals surface area contributed by atoms with Gasteiger partial charge in [0.2, 0.25) is 0 Å². The van der Waals surface area contributed by atoms with Gasteiger partial charge in [-0.25, -0.2) is 0 Å². The Hall–Kier alpha value is -3.05. The molecule has 1 saturated heterocycles. The van der Waals surface area contributed by atoms with Gasteiger partial charge >= 0.3 is 0 Å². The average molecular weight is 415 g/mol. The number of amides is 1. The lowest BCUT2D eigenvalue weighted by Gasteiger charge is -2.30. The number of hydrogen-bond donors (Lipinski definition) is 0. The molecule has 0 unspecified atom stereocenters. The second-order valence-corrected chi connectivity index (χ2v) is 8.86. The van der Waals surface area contributed by atoms with E-state index in [1.807, 2.05) is 35.4 Å². The van der Waals surface area contributed by atoms with Crippen molar-refractivity contribution < 1.29 is 9.59 Å². The third-order valence-electron chi connectivity index (χ3n) is 5.96. The number of fused-ring (bicyclic) bond motifs is 2. The molecule has 0 bridgehead atoms. The van der Waals surface area contributed by atoms with E-state index in [0.29, 0.717) is 25.1 Å². The maximum atomic E-state index is 12.9. The smallest absolute Gasteiger partial charge is 0.255 e. The molecule has 5 rings (SSSR count). The second kappa shape index (κ2) is 7.65. The van der Waals surface area contributed by atoms with Crippen molar-refractivity contribution in [2.24, 2.45) is 0 Å². The van der Waals surface area contributed by atoms with Gasteiger partial charge in [-0.1, -0.05) is 29.8 Å². The lowest BCUT2D eigenvalue weighted by molar-refractivity contribution is 0.0743. The van der Waals surface area contributed by atoms with Crippen LogP contribution in [-0.2, 0) is 6.42 Å². The van der Waals surface area contributed by atoms with Crippen LogP contribution >= 0.6 is 11.3 Å². The van der Waals surface area contributed by atoms with Crippen molar-refractivity contribution in [1.82, 2.24) is 9.88 Å². The van der Waals surface area contributed by atoms with Crippen molar-refractivity contribution in [2.45, 2.75) is 26.2 Å². The summed E-state index contributed by atoms with van der Waals surface area (Å²) in [4.78, 5) is 32.7. The molecule has 1 aliphatic heterocycles. The molecule has 1 aromatic carbocycles. The van der Waals surface area contributed by atoms with Gasteiger partial charge in [-0.05, 0) is 59.5 Å². The summed E-state index contributed by atoms with van der Waals surface area (Å²) in [5, 5.41) is 2.01. The van der Waals surface area contributed by atoms with E-state index in [1.54, 1.807) is 12.4 Å². The molecule has 0 radical (unpaired) electrons. The number of pyridine rings is 1. The van der Waals surface area contributed by atoms with Gasteiger partial charge in [0.1, 0.15) is 0 Å². The first-order valence-electron chi connectivity index (χ1n) is 10.2. The van der Waals surface area contributed by atoms with Crippen LogP contribution in [0.15, 0.2) is 59.7 Å². The Morgan fingerprint density at radius 3 is 2.67 bits per heavy atom. The zero-order valence-electron chi connectivity index (χ0n) is 16.9. The van der Waals surface area contributed by atoms with Crippen molar-refractivity contribution in [3.05, 3.63) is 92.4 Å². The fourth-order valence-electron chi connectivity index (χ4n) is 4.50. The van der Waals surface area contributed by atoms with E-state index in [-0.39, 0.29) is 11.7 Å². The van der Waals surface area contributed by atoms with Crippen molar-refractivity contribution >= 4 is 28.6 Å². The highest BCUT2D eigenvalue weighted by atomic mass is 32.1. The van der Waals surface area contributed by atoms with Gasteiger partial charge in [-0.3, -0.25) is 14.6 Å². The molecule has 4 nitrogen and oxygen atoms in total. The highest BCUT2D eigenvalue weighted by Crippen LogP contribution is 2.40. The molecule has 1 aliphatic carbocycles. The largest absolute Gasteiger partial charge is 0.338 e. The van der Waals surface area contributed by atoms with Crippen LogP contribution in [0.1, 0.15) is 55.1 Å². The van der Waals surface area contributed by atoms with Gasteiger partial charge in [-0.15, -0.1) is 11.3 Å². The number of ketones is 1. The SMILES string of the molecule is Cc1cncc(C(=O)N2CCC(=C3c4ccccc4CC(=O)c4sccc43)CC2)c1. The number of hydrogen-bond acceptors (Lipinski definition) is 4. The molecular weight excluding hydrogens is 392 g/mol. The van der Waals surface area contributed by atoms with E-state index < -0.39 is 0 Å². The normalized spacial score (nSPS) is 16.2. The molecule has 3 heterocycles. The third-order valence-corrected chi connectivity index (χ3v) is 6.91. The average Bonchev–Trinajstić information content (AvgIpc) is 3.21. The molecule has 0 spiro atoms. The minimum atomic E-state index is 0.0444. The second-order valence-electron chi connectivity index (χ2n) is 7.94. The molecule has 5 heteroatoms. The van der Waals surface area contributed by atoms with Gasteiger partial charge in [0, 0.05) is 37.5 Å². The van der Waals surface area contributed by atoms with Crippen LogP contribution in [0.25, 0.3) is 5.57 Å². The lowest BCUT2D eigenvalue weighted by Crippen LogP contribution is -2.36. The number of piperidine rings is 1. The van der Waals surface area contributed by atoms with Crippen LogP contribution in [0.3, 0.4) is 0 Å². The number of benzene rings is 1. The first kappa shape index (κ1) is 18.9. The number of Topliss-reactive ketones (excluding diaryl/α,β-unsaturated/α-hetero) is 1. The fourth-order valence-corrected chi connectivity index (χ4v) is 5.34. The van der Waals surface area contributed by atoms with Crippen molar-refractivity contribution in [3.63, 3.8) is 0 Å². The molecule has 0 N–H and O–H groups in total. The molecule has 1 amide bonds. The minimum absolute atomic E-state index is 0.0444. The molecule has 2 aliphatic rings. The van der Waals surface area contributed by atoms with E-state index in [4.69, 9.17) is 0 Å². The predicted octanol–water partition coefficient (Wildman–Crippen LogP) is 4.93. The molecule has 0 saturated carbocycles. The molecule has 150 valence electrons. The quantitative estimate of drug-likeness (QED) is 0.567. The van der Waals surface area contributed by atoms with E-state index in [9.17, 15) is 9.59 Å². The number of thiophene rings is 1. The highest BCUT2D eigenvalue weighted by molar-refractivity contribution is 7.12. The van der Waals surface area contributed by atoms with Crippen molar-refractivity contribution in [2.75, 3.05) is 13.1 Å². The standard InChI is InChI=1S/C25H22N2O2S/c1-16-12-19(15-26-14-16)25(29)27-9-6-17(7-10-27)23-20-5-3-2-4-18(20)13-22(28)24-21(23)8-11-30-24/h2-5,8,11-12,14-15H,6-7,9-10,13H2,1H3. The van der Waals surface area contributed by atoms with Crippen LogP contribution in [0.4, 0.5) is 0 Å². The maximum absolute atomic E-state index is 12.9. The Morgan fingerprint density at radius 1 is 1.07 bits per heavy atom. The van der Waals surface area contributed by atoms with Crippen LogP contribution in [0.5, 0.6) is 0 Å². The van der Waals surface area contributed by atoms with E-state index in [2.05, 4.69) is 23.2 Å². The Bertz CT molecular complexity index is 1180. The Kier molecular flexibility index (Phi) is 4.83. The van der Waals surface area contributed by atoms with Crippen molar-refractivity contribution in [1.29, 1.82) is 0 Å². The van der Waals surface area contributed by atoms with Gasteiger partial charge in [0.15, 0.2) is 5.78 Å². The molecular formula is C25H22N2O2S. The summed E-state index contributed by atoms with van der Waals surface area (Å²) in [6.07, 6.45) is 5.49. The summed E-state index contributed by atoms with van der Waals surface area (Å²) in [5.74, 6) is 0.241. The van der Waals surface area contributed by atoms with E-state index in [1.165, 1.54) is 28.0 Å². The lowest BCUT2D eigenvalue weighted by atomic mass is 9.87. The van der Waals surface area contributed by atoms with Gasteiger partial charge in [0.25, 0.3) is 5.91 Å². The van der Waals surface area contributed by atoms with Crippen molar-refractivity contribution in [3.8, 4) is 0 Å². The topological polar surface area (TPSA) is 50.3 Å². The highest BCUT2D eigenvalue weighted by Gasteiger charge is 2.29. The number of aryl methyl sites for hydroxylation is 1. The summed E-state index contributed by atoms with van der Waals surface area (Å²) in [7, 11) is 0. The third kappa shape index (κ3) is 3.29. The van der Waals surface area contributed by atoms with Gasteiger partial charge < -0.3 is 4.90 Å². The zero-order chi connectivity index (χ0) is 20.7. The van der Waals surface area contributed by atoms with E-state index >= 15 is 0 Å². The number of carbonyl (C=O) groups is 2. The number of nitrogens with zero attached hydrogens (tertiary/aromatic N) is 2. The predicted molar refractivity (Wildman–Crippen MR) is 119 cm³/mol. The Labute approximate surface area is 179 Å². The summed E-state index contributed by atoms with van der Waals surface area (Å²) in [6, 6.07) is 12.2. The fraction of sp³-hybridized carbons (Fsp3) is 0.240. The maximum Gasteiger partial charge on any atom is 0.255 e. The summed E-state index contributed by atoms with van der Waals surface area (Å²) < 4.78 is 0. The Morgan fingerprint density at radius 2 is 1.87 bits per heavy atom. The van der Waals surface area contributed by atoms with Crippen LogP contribution in [-0.4, -0.2) is 34.7 Å². The zero-order valence-corrected chi connectivity index (χ0v) is 17.7. The van der Waals surface area contributed by atoms with Crippen LogP contribution in [0, 0.1) is 6.92 Å². The summed E-state index contributed by atoms with van der Waals surface area (Å²) in [6.45, 7) is 3.31. The van der Waals surface area contributed by atoms with Crippen LogP contribution in [0.2, 0.25) is 0 Å². The molecule has 0 atom stereocenters. The molecule has 30 heavy (non-hydrogen) atoms. The first-order chi connectivity index (χ1) is 14.6. The minimum Gasteiger partial charge on any atom is -0.338 e. The number of rotatable bonds is 1. The molecule has 3 aromatic rings. The van der Waals surface area contributed by atoms with E-state index in [0.717, 1.165) is 34.4 Å². The number of carbonyl (C=O) groups excluding carboxylic acids is 2. The van der Waals surface area contributed by atoms with Gasteiger partial charge in [-0.2, -0.15) is 0 Å². The summed E-state index contributed by atoms with van der Waals surface area (Å²) in [5.41, 5.74) is 7.51. The van der Waals surface area contributed by atoms with Crippen LogP contribution < -0.4 is 0 Å². The monoisotopic (exact) mass is 414 g/mol. The molecule has 1 fully saturated rings. The van der Waals surface area contributed by atoms with Gasteiger partial charge in [0.05, 0.1) is 10.4 Å². The molecule has 2 aromatic heterocycles. The first-order valence-corrected chi connectivity index (χ1v) is 11.1. The summed E-state index contributed by atoms with van der Waals surface area (Å²) >= 11 is 1.53. The number of likely N-dealkylation sites (tertiary alicyclic amines) is 1. The Balaban J connectivity index is 1.49.